The molecular weight excluding hydrogens is 386 g/mol. The van der Waals surface area contributed by atoms with Crippen molar-refractivity contribution in [2.75, 3.05) is 18.5 Å². The number of carbonyl (C=O) groups excluding carboxylic acids is 1. The molecule has 1 aromatic carbocycles. The molecule has 9 nitrogen and oxygen atoms in total. The van der Waals surface area contributed by atoms with Gasteiger partial charge in [-0.15, -0.1) is 0 Å². The maximum absolute atomic E-state index is 11.1. The van der Waals surface area contributed by atoms with Crippen LogP contribution in [0.3, 0.4) is 0 Å². The molecule has 1 unspecified atom stereocenters. The summed E-state index contributed by atoms with van der Waals surface area (Å²) in [6.45, 7) is 6.95. The van der Waals surface area contributed by atoms with Crippen molar-refractivity contribution in [3.8, 4) is 0 Å². The van der Waals surface area contributed by atoms with E-state index >= 15 is 0 Å². The van der Waals surface area contributed by atoms with Gasteiger partial charge in [0.15, 0.2) is 5.65 Å². The van der Waals surface area contributed by atoms with Crippen molar-refractivity contribution in [2.45, 2.75) is 46.3 Å². The number of hydrogen-bond acceptors (Lipinski definition) is 7. The predicted molar refractivity (Wildman–Crippen MR) is 112 cm³/mol. The third-order valence-corrected chi connectivity index (χ3v) is 4.14. The second-order valence-electron chi connectivity index (χ2n) is 7.10. The molecule has 1 atom stereocenters. The van der Waals surface area contributed by atoms with Crippen LogP contribution in [0, 0.1) is 0 Å². The minimum absolute atomic E-state index is 0.111. The van der Waals surface area contributed by atoms with E-state index in [1.807, 2.05) is 44.2 Å². The largest absolute Gasteiger partial charge is 0.376 e. The number of anilines is 1. The number of fused-ring (bicyclic) bond motifs is 1. The minimum Gasteiger partial charge on any atom is -0.376 e. The Morgan fingerprint density at radius 3 is 2.67 bits per heavy atom. The molecule has 0 radical (unpaired) electrons. The number of benzene rings is 1. The van der Waals surface area contributed by atoms with Gasteiger partial charge in [-0.25, -0.2) is 9.97 Å². The van der Waals surface area contributed by atoms with E-state index < -0.39 is 0 Å². The highest BCUT2D eigenvalue weighted by Crippen LogP contribution is 2.12. The van der Waals surface area contributed by atoms with Gasteiger partial charge in [-0.2, -0.15) is 4.98 Å². The van der Waals surface area contributed by atoms with Crippen LogP contribution in [0.15, 0.2) is 42.9 Å². The summed E-state index contributed by atoms with van der Waals surface area (Å²) in [5.41, 5.74) is 2.29. The number of carbonyl (C=O) groups is 1. The molecule has 0 aliphatic rings. The summed E-state index contributed by atoms with van der Waals surface area (Å²) in [5.74, 6) is -0.0105. The zero-order valence-electron chi connectivity index (χ0n) is 17.4. The fourth-order valence-corrected chi connectivity index (χ4v) is 2.69. The molecule has 30 heavy (non-hydrogen) atoms. The molecule has 1 amide bonds. The number of nitrogens with zero attached hydrogens (tertiary/aromatic N) is 4. The summed E-state index contributed by atoms with van der Waals surface area (Å²) >= 11 is 0. The van der Waals surface area contributed by atoms with E-state index in [2.05, 4.69) is 20.3 Å². The van der Waals surface area contributed by atoms with Crippen molar-refractivity contribution in [3.63, 3.8) is 0 Å². The molecule has 160 valence electrons. The molecule has 2 heterocycles. The van der Waals surface area contributed by atoms with Crippen molar-refractivity contribution in [1.29, 1.82) is 0 Å². The second kappa shape index (κ2) is 10.8. The molecule has 3 rings (SSSR count). The van der Waals surface area contributed by atoms with Crippen molar-refractivity contribution in [2.24, 2.45) is 0 Å². The lowest BCUT2D eigenvalue weighted by Crippen LogP contribution is -2.27. The third kappa shape index (κ3) is 6.58. The van der Waals surface area contributed by atoms with E-state index in [1.165, 1.54) is 6.92 Å². The van der Waals surface area contributed by atoms with Gasteiger partial charge in [-0.3, -0.25) is 10.1 Å². The van der Waals surface area contributed by atoms with Gasteiger partial charge in [0.2, 0.25) is 11.9 Å². The summed E-state index contributed by atoms with van der Waals surface area (Å²) in [4.78, 5) is 23.7. The highest BCUT2D eigenvalue weighted by molar-refractivity contribution is 5.87. The van der Waals surface area contributed by atoms with Gasteiger partial charge in [0.25, 0.3) is 0 Å². The molecule has 0 spiro atoms. The van der Waals surface area contributed by atoms with Crippen LogP contribution < -0.4 is 5.32 Å². The van der Waals surface area contributed by atoms with Crippen molar-refractivity contribution in [3.05, 3.63) is 48.4 Å². The van der Waals surface area contributed by atoms with Gasteiger partial charge in [-0.05, 0) is 19.4 Å². The Labute approximate surface area is 175 Å². The predicted octanol–water partition coefficient (Wildman–Crippen LogP) is 2.77. The number of ether oxygens (including phenoxy) is 3. The van der Waals surface area contributed by atoms with Crippen LogP contribution in [0.2, 0.25) is 0 Å². The summed E-state index contributed by atoms with van der Waals surface area (Å²) < 4.78 is 19.4. The Morgan fingerprint density at radius 1 is 1.13 bits per heavy atom. The highest BCUT2D eigenvalue weighted by Gasteiger charge is 2.13. The average Bonchev–Trinajstić information content (AvgIpc) is 3.12. The van der Waals surface area contributed by atoms with Gasteiger partial charge in [0, 0.05) is 6.92 Å². The van der Waals surface area contributed by atoms with Gasteiger partial charge in [-0.1, -0.05) is 30.3 Å². The SMILES string of the molecule is CC(=O)Nc1ncc2c(ncn2COCC(COC(C)C)OCc2ccccc2)n1. The third-order valence-electron chi connectivity index (χ3n) is 4.14. The van der Waals surface area contributed by atoms with E-state index in [1.54, 1.807) is 17.1 Å². The Balaban J connectivity index is 1.56. The van der Waals surface area contributed by atoms with E-state index in [-0.39, 0.29) is 30.8 Å². The van der Waals surface area contributed by atoms with Gasteiger partial charge < -0.3 is 18.8 Å². The molecule has 3 aromatic rings. The standard InChI is InChI=1S/C21H27N5O4/c1-15(2)29-12-18(30-10-17-7-5-4-6-8-17)11-28-14-26-13-23-20-19(26)9-22-21(25-20)24-16(3)27/h4-9,13,15,18H,10-12,14H2,1-3H3,(H,22,24,25,27). The maximum Gasteiger partial charge on any atom is 0.231 e. The lowest BCUT2D eigenvalue weighted by atomic mass is 10.2. The van der Waals surface area contributed by atoms with Gasteiger partial charge >= 0.3 is 0 Å². The van der Waals surface area contributed by atoms with E-state index in [9.17, 15) is 4.79 Å². The van der Waals surface area contributed by atoms with Crippen LogP contribution in [0.4, 0.5) is 5.95 Å². The first kappa shape index (κ1) is 21.8. The highest BCUT2D eigenvalue weighted by atomic mass is 16.6. The molecule has 0 saturated carbocycles. The summed E-state index contributed by atoms with van der Waals surface area (Å²) in [5, 5.41) is 2.54. The van der Waals surface area contributed by atoms with Crippen LogP contribution in [-0.2, 0) is 32.3 Å². The number of nitrogens with one attached hydrogen (secondary N) is 1. The molecule has 0 saturated heterocycles. The fourth-order valence-electron chi connectivity index (χ4n) is 2.69. The number of imidazole rings is 1. The van der Waals surface area contributed by atoms with Crippen LogP contribution in [0.5, 0.6) is 0 Å². The molecule has 2 aromatic heterocycles. The normalized spacial score (nSPS) is 12.4. The van der Waals surface area contributed by atoms with Crippen LogP contribution in [0.25, 0.3) is 11.2 Å². The average molecular weight is 413 g/mol. The Hall–Kier alpha value is -2.88. The monoisotopic (exact) mass is 413 g/mol. The van der Waals surface area contributed by atoms with Gasteiger partial charge in [0.05, 0.1) is 38.4 Å². The topological polar surface area (TPSA) is 100 Å². The lowest BCUT2D eigenvalue weighted by Gasteiger charge is -2.20. The number of amides is 1. The van der Waals surface area contributed by atoms with Crippen LogP contribution in [-0.4, -0.2) is 50.8 Å². The molecule has 0 aliphatic carbocycles. The van der Waals surface area contributed by atoms with Gasteiger partial charge in [0.1, 0.15) is 18.4 Å². The molecule has 0 bridgehead atoms. The van der Waals surface area contributed by atoms with Crippen molar-refractivity contribution in [1.82, 2.24) is 19.5 Å². The molecule has 9 heteroatoms. The first-order chi connectivity index (χ1) is 14.5. The zero-order valence-corrected chi connectivity index (χ0v) is 17.4. The number of rotatable bonds is 11. The summed E-state index contributed by atoms with van der Waals surface area (Å²) in [7, 11) is 0. The van der Waals surface area contributed by atoms with Crippen LogP contribution >= 0.6 is 0 Å². The minimum atomic E-state index is -0.234. The number of aromatic nitrogens is 4. The Kier molecular flexibility index (Phi) is 7.83. The maximum atomic E-state index is 11.1. The second-order valence-corrected chi connectivity index (χ2v) is 7.10. The molecule has 1 N–H and O–H groups in total. The smallest absolute Gasteiger partial charge is 0.231 e. The number of hydrogen-bond donors (Lipinski definition) is 1. The summed E-state index contributed by atoms with van der Waals surface area (Å²) in [6, 6.07) is 9.99. The Bertz CT molecular complexity index is 945. The van der Waals surface area contributed by atoms with Crippen LogP contribution in [0.1, 0.15) is 26.3 Å². The molecule has 0 fully saturated rings. The fraction of sp³-hybridized carbons (Fsp3) is 0.429. The van der Waals surface area contributed by atoms with E-state index in [0.29, 0.717) is 31.0 Å². The molecular formula is C21H27N5O4. The molecule has 0 aliphatic heterocycles. The van der Waals surface area contributed by atoms with Crippen molar-refractivity contribution >= 4 is 23.0 Å². The van der Waals surface area contributed by atoms with E-state index in [4.69, 9.17) is 14.2 Å². The van der Waals surface area contributed by atoms with Crippen molar-refractivity contribution < 1.29 is 19.0 Å². The summed E-state index contributed by atoms with van der Waals surface area (Å²) in [6.07, 6.45) is 3.14. The first-order valence-electron chi connectivity index (χ1n) is 9.81. The van der Waals surface area contributed by atoms with E-state index in [0.717, 1.165) is 5.56 Å². The first-order valence-corrected chi connectivity index (χ1v) is 9.81. The lowest BCUT2D eigenvalue weighted by molar-refractivity contribution is -0.114. The quantitative estimate of drug-likeness (QED) is 0.516. The Morgan fingerprint density at radius 2 is 1.93 bits per heavy atom. The zero-order chi connectivity index (χ0) is 21.3.